The Morgan fingerprint density at radius 1 is 0.838 bits per heavy atom. The molecule has 3 heterocycles. The van der Waals surface area contributed by atoms with Crippen LogP contribution in [-0.4, -0.2) is 159 Å². The number of hydrogen-bond acceptors (Lipinski definition) is 15. The Bertz CT molecular complexity index is 2360. The van der Waals surface area contributed by atoms with Gasteiger partial charge in [0.15, 0.2) is 6.04 Å². The van der Waals surface area contributed by atoms with E-state index in [-0.39, 0.29) is 29.5 Å². The molecule has 7 amide bonds. The van der Waals surface area contributed by atoms with Crippen LogP contribution in [0.25, 0.3) is 0 Å². The van der Waals surface area contributed by atoms with Crippen LogP contribution in [0.4, 0.5) is 0 Å². The molecule has 13 atom stereocenters. The summed E-state index contributed by atoms with van der Waals surface area (Å²) in [5.41, 5.74) is -1.11. The highest BCUT2D eigenvalue weighted by molar-refractivity contribution is 9.09. The molecular formula is C51H70BrN7O15. The summed E-state index contributed by atoms with van der Waals surface area (Å²) in [4.78, 5) is 129. The van der Waals surface area contributed by atoms with Gasteiger partial charge in [0.05, 0.1) is 18.1 Å². The van der Waals surface area contributed by atoms with Gasteiger partial charge in [0.25, 0.3) is 0 Å². The van der Waals surface area contributed by atoms with E-state index in [1.165, 1.54) is 59.0 Å². The van der Waals surface area contributed by atoms with Gasteiger partial charge in [0, 0.05) is 24.9 Å². The van der Waals surface area contributed by atoms with Gasteiger partial charge >= 0.3 is 11.9 Å². The standard InChI is InChI=1S/C51H70BrN7O15/c1-10-27(4)39-46(66)58-42-33-16-18-34(19-17-33)74-31(8)51(71,25-52)21-20-37(61)53-23-38(62)72-24-35(50(70)73-30(7)41(48(68)55-39)57-44(64)28(5)43(63)26(2)3)54-47(67)40(29(6)60)56-45(65)36(59(9)49(42)69)22-32-14-12-11-13-15-32/h11-21,26-31,35-36,39-43,60,63,71H,10,22-25H2,1-9H3,(H,53,61)(H,54,67)(H,55,68)(H,56,65)(H,57,64)(H,58,66)/t27-,28+,29+,30+,31+,35-,36-,39+,40+,41-,42-,43+,51-/m0/s1. The number of nitrogens with one attached hydrogen (secondary N) is 6. The number of ether oxygens (including phenoxy) is 3. The fourth-order valence-corrected chi connectivity index (χ4v) is 8.54. The molecule has 0 aliphatic carbocycles. The molecule has 0 saturated carbocycles. The molecule has 0 unspecified atom stereocenters. The Kier molecular flexibility index (Phi) is 22.1. The number of hydrogen-bond donors (Lipinski definition) is 9. The molecule has 406 valence electrons. The Balaban J connectivity index is 2.03. The number of rotatable bonds is 10. The van der Waals surface area contributed by atoms with Gasteiger partial charge in [-0.15, -0.1) is 0 Å². The summed E-state index contributed by atoms with van der Waals surface area (Å²) in [6.45, 7) is 10.3. The van der Waals surface area contributed by atoms with E-state index in [2.05, 4.69) is 47.8 Å². The minimum absolute atomic E-state index is 0.128. The molecule has 0 spiro atoms. The van der Waals surface area contributed by atoms with Crippen LogP contribution in [0.3, 0.4) is 0 Å². The fraction of sp³-hybridized carbons (Fsp3) is 0.549. The van der Waals surface area contributed by atoms with E-state index in [1.807, 2.05) is 0 Å². The Morgan fingerprint density at radius 2 is 1.46 bits per heavy atom. The zero-order valence-corrected chi connectivity index (χ0v) is 44.5. The first-order chi connectivity index (χ1) is 34.8. The van der Waals surface area contributed by atoms with Gasteiger partial charge in [-0.25, -0.2) is 4.79 Å². The van der Waals surface area contributed by atoms with Gasteiger partial charge in [-0.1, -0.05) is 99.4 Å². The number of halogens is 1. The Labute approximate surface area is 438 Å². The largest absolute Gasteiger partial charge is 0.487 e. The van der Waals surface area contributed by atoms with Crippen LogP contribution in [-0.2, 0) is 59.0 Å². The highest BCUT2D eigenvalue weighted by atomic mass is 79.9. The third-order valence-electron chi connectivity index (χ3n) is 13.1. The van der Waals surface area contributed by atoms with Gasteiger partial charge in [0.2, 0.25) is 41.4 Å². The fourth-order valence-electron chi connectivity index (χ4n) is 7.90. The Hall–Kier alpha value is -6.43. The average Bonchev–Trinajstić information content (AvgIpc) is 3.37. The monoisotopic (exact) mass is 1100 g/mol. The van der Waals surface area contributed by atoms with Crippen molar-refractivity contribution in [3.8, 4) is 5.75 Å². The first-order valence-electron chi connectivity index (χ1n) is 24.4. The average molecular weight is 1100 g/mol. The third kappa shape index (κ3) is 16.0. The number of alkyl halides is 1. The van der Waals surface area contributed by atoms with Crippen molar-refractivity contribution in [3.63, 3.8) is 0 Å². The number of esters is 2. The van der Waals surface area contributed by atoms with Crippen molar-refractivity contribution in [1.29, 1.82) is 0 Å². The molecule has 23 heteroatoms. The molecule has 0 aromatic heterocycles. The number of benzene rings is 2. The van der Waals surface area contributed by atoms with E-state index in [0.717, 1.165) is 17.1 Å². The smallest absolute Gasteiger partial charge is 0.332 e. The number of carbonyl (C=O) groups excluding carboxylic acids is 9. The van der Waals surface area contributed by atoms with Crippen molar-refractivity contribution in [2.75, 3.05) is 25.5 Å². The summed E-state index contributed by atoms with van der Waals surface area (Å²) < 4.78 is 17.1. The van der Waals surface area contributed by atoms with Gasteiger partial charge in [-0.05, 0) is 61.9 Å². The first kappa shape index (κ1) is 60.1. The minimum atomic E-state index is -1.97. The van der Waals surface area contributed by atoms with Gasteiger partial charge in [-0.2, -0.15) is 0 Å². The number of nitrogens with zero attached hydrogens (tertiary/aromatic N) is 1. The summed E-state index contributed by atoms with van der Waals surface area (Å²) in [6.07, 6.45) is -3.35. The summed E-state index contributed by atoms with van der Waals surface area (Å²) in [6, 6.07) is 4.17. The van der Waals surface area contributed by atoms with E-state index in [1.54, 1.807) is 58.0 Å². The highest BCUT2D eigenvalue weighted by Crippen LogP contribution is 2.27. The quantitative estimate of drug-likeness (QED) is 0.112. The molecule has 22 nitrogen and oxygen atoms in total. The molecule has 3 aliphatic heterocycles. The molecular weight excluding hydrogens is 1030 g/mol. The highest BCUT2D eigenvalue weighted by Gasteiger charge is 2.42. The van der Waals surface area contributed by atoms with Crippen LogP contribution < -0.4 is 36.6 Å². The maximum absolute atomic E-state index is 15.2. The van der Waals surface area contributed by atoms with E-state index in [4.69, 9.17) is 14.2 Å². The van der Waals surface area contributed by atoms with Gasteiger partial charge in [0.1, 0.15) is 66.9 Å². The molecule has 5 rings (SSSR count). The normalized spacial score (nSPS) is 28.1. The van der Waals surface area contributed by atoms with Gasteiger partial charge in [-0.3, -0.25) is 38.4 Å². The van der Waals surface area contributed by atoms with Crippen LogP contribution in [0.5, 0.6) is 5.75 Å². The lowest BCUT2D eigenvalue weighted by atomic mass is 9.93. The van der Waals surface area contributed by atoms with E-state index < -0.39 is 150 Å². The van der Waals surface area contributed by atoms with Crippen LogP contribution in [0.1, 0.15) is 79.0 Å². The third-order valence-corrected chi connectivity index (χ3v) is 14.0. The van der Waals surface area contributed by atoms with Crippen molar-refractivity contribution in [2.45, 2.75) is 134 Å². The molecule has 9 N–H and O–H groups in total. The van der Waals surface area contributed by atoms with Crippen LogP contribution in [0.15, 0.2) is 66.7 Å². The minimum Gasteiger partial charge on any atom is -0.487 e. The first-order valence-corrected chi connectivity index (χ1v) is 25.5. The predicted octanol–water partition coefficient (Wildman–Crippen LogP) is 0.000500. The van der Waals surface area contributed by atoms with Crippen LogP contribution in [0, 0.1) is 17.8 Å². The topological polar surface area (TPSA) is 317 Å². The summed E-state index contributed by atoms with van der Waals surface area (Å²) in [7, 11) is 1.30. The van der Waals surface area contributed by atoms with Crippen LogP contribution in [0.2, 0.25) is 0 Å². The number of aliphatic hydroxyl groups excluding tert-OH is 2. The van der Waals surface area contributed by atoms with Crippen molar-refractivity contribution in [3.05, 3.63) is 77.9 Å². The summed E-state index contributed by atoms with van der Waals surface area (Å²) in [5.74, 6) is -11.2. The molecule has 0 radical (unpaired) electrons. The second kappa shape index (κ2) is 27.2. The van der Waals surface area contributed by atoms with Crippen molar-refractivity contribution in [1.82, 2.24) is 36.8 Å². The molecule has 4 bridgehead atoms. The second-order valence-electron chi connectivity index (χ2n) is 19.1. The van der Waals surface area contributed by atoms with Crippen LogP contribution >= 0.6 is 15.9 Å². The predicted molar refractivity (Wildman–Crippen MR) is 270 cm³/mol. The molecule has 2 aromatic carbocycles. The summed E-state index contributed by atoms with van der Waals surface area (Å²) >= 11 is 3.25. The van der Waals surface area contributed by atoms with E-state index in [0.29, 0.717) is 5.56 Å². The number of carbonyl (C=O) groups is 9. The van der Waals surface area contributed by atoms with Crippen molar-refractivity contribution in [2.24, 2.45) is 17.8 Å². The number of amides is 7. The van der Waals surface area contributed by atoms with Crippen molar-refractivity contribution >= 4 is 69.2 Å². The van der Waals surface area contributed by atoms with Crippen molar-refractivity contribution < 1.29 is 72.7 Å². The molecule has 2 aromatic rings. The lowest BCUT2D eigenvalue weighted by molar-refractivity contribution is -0.160. The molecule has 1 fully saturated rings. The summed E-state index contributed by atoms with van der Waals surface area (Å²) in [5, 5.41) is 48.3. The zero-order valence-electron chi connectivity index (χ0n) is 43.0. The number of cyclic esters (lactones) is 1. The lowest BCUT2D eigenvalue weighted by Gasteiger charge is -2.34. The number of likely N-dealkylation sites (N-methyl/N-ethyl adjacent to an activating group) is 1. The number of aliphatic hydroxyl groups is 3. The lowest BCUT2D eigenvalue weighted by Crippen LogP contribution is -2.61. The molecule has 74 heavy (non-hydrogen) atoms. The number of fused-ring (bicyclic) bond motifs is 11. The SMILES string of the molecule is CC[C@H](C)[C@H]1NC(=O)[C@@H](NC(=O)[C@H](C)[C@H](O)C(C)C)[C@@H](C)OC(=O)[C@@H]2COC(=O)CNC(=O)C=C[C@](O)(CBr)[C@@H](C)Oc3ccc(cc3)[C@H](NC1=O)C(=O)N(C)[C@@H](Cc1ccccc1)C(=O)N[C@H]([C@@H](C)O)C(=O)N2. The van der Waals surface area contributed by atoms with E-state index in [9.17, 15) is 53.7 Å². The van der Waals surface area contributed by atoms with E-state index >= 15 is 4.79 Å². The second-order valence-corrected chi connectivity index (χ2v) is 19.7. The molecule has 3 aliphatic rings. The maximum Gasteiger partial charge on any atom is 0.332 e. The molecule has 1 saturated heterocycles. The van der Waals surface area contributed by atoms with Gasteiger partial charge < -0.3 is 66.3 Å². The Morgan fingerprint density at radius 3 is 2.05 bits per heavy atom. The maximum atomic E-state index is 15.2. The zero-order chi connectivity index (χ0) is 55.2.